The average Bonchev–Trinajstić information content (AvgIpc) is 3.46. The molecule has 5 aromatic carbocycles. The molecular formula is C39H32N2. The van der Waals surface area contributed by atoms with E-state index in [0.717, 1.165) is 11.4 Å². The van der Waals surface area contributed by atoms with Crippen molar-refractivity contribution in [3.63, 3.8) is 0 Å². The van der Waals surface area contributed by atoms with E-state index < -0.39 is 0 Å². The zero-order valence-corrected chi connectivity index (χ0v) is 23.4. The molecule has 198 valence electrons. The summed E-state index contributed by atoms with van der Waals surface area (Å²) in [7, 11) is 0. The second kappa shape index (κ2) is 9.11. The van der Waals surface area contributed by atoms with E-state index in [9.17, 15) is 0 Å². The van der Waals surface area contributed by atoms with Gasteiger partial charge in [0.25, 0.3) is 0 Å². The molecule has 6 aromatic rings. The molecule has 0 bridgehead atoms. The summed E-state index contributed by atoms with van der Waals surface area (Å²) in [6.07, 6.45) is 9.14. The number of nitrogens with zero attached hydrogens (tertiary/aromatic N) is 1. The predicted molar refractivity (Wildman–Crippen MR) is 173 cm³/mol. The topological polar surface area (TPSA) is 17.0 Å². The summed E-state index contributed by atoms with van der Waals surface area (Å²) in [6.45, 7) is 4.76. The van der Waals surface area contributed by atoms with Gasteiger partial charge in [-0.15, -0.1) is 0 Å². The first-order valence-corrected chi connectivity index (χ1v) is 14.5. The fourth-order valence-corrected chi connectivity index (χ4v) is 7.18. The quantitative estimate of drug-likeness (QED) is 0.241. The van der Waals surface area contributed by atoms with Crippen molar-refractivity contribution < 1.29 is 0 Å². The molecule has 0 aliphatic heterocycles. The zero-order valence-electron chi connectivity index (χ0n) is 23.4. The Hall–Kier alpha value is -4.82. The van der Waals surface area contributed by atoms with E-state index in [1.165, 1.54) is 49.7 Å². The van der Waals surface area contributed by atoms with Crippen LogP contribution in [-0.4, -0.2) is 4.57 Å². The molecule has 8 rings (SSSR count). The number of para-hydroxylation sites is 2. The third-order valence-corrected chi connectivity index (χ3v) is 9.27. The second-order valence-corrected chi connectivity index (χ2v) is 12.0. The van der Waals surface area contributed by atoms with Gasteiger partial charge in [0.2, 0.25) is 0 Å². The predicted octanol–water partition coefficient (Wildman–Crippen LogP) is 10.3. The first-order chi connectivity index (χ1) is 20.1. The molecule has 2 unspecified atom stereocenters. The fraction of sp³-hybridized carbons (Fsp3) is 0.128. The Morgan fingerprint density at radius 3 is 2.17 bits per heavy atom. The molecule has 0 amide bonds. The van der Waals surface area contributed by atoms with Crippen molar-refractivity contribution in [2.24, 2.45) is 5.92 Å². The minimum atomic E-state index is 0.116. The highest BCUT2D eigenvalue weighted by Crippen LogP contribution is 2.53. The van der Waals surface area contributed by atoms with E-state index >= 15 is 0 Å². The molecule has 1 N–H and O–H groups in total. The number of aromatic nitrogens is 1. The van der Waals surface area contributed by atoms with Gasteiger partial charge >= 0.3 is 0 Å². The minimum absolute atomic E-state index is 0.116. The van der Waals surface area contributed by atoms with Crippen molar-refractivity contribution in [2.75, 3.05) is 5.32 Å². The fourth-order valence-electron chi connectivity index (χ4n) is 7.18. The highest BCUT2D eigenvalue weighted by Gasteiger charge is 2.44. The molecule has 1 heterocycles. The summed E-state index contributed by atoms with van der Waals surface area (Å²) in [5.74, 6) is 1.01. The van der Waals surface area contributed by atoms with Crippen LogP contribution in [0.3, 0.4) is 0 Å². The molecule has 0 saturated carbocycles. The number of rotatable bonds is 4. The van der Waals surface area contributed by atoms with Crippen molar-refractivity contribution in [2.45, 2.75) is 25.2 Å². The molecule has 2 nitrogen and oxygen atoms in total. The number of anilines is 2. The third kappa shape index (κ3) is 3.78. The lowest BCUT2D eigenvalue weighted by Crippen LogP contribution is -2.24. The highest BCUT2D eigenvalue weighted by atomic mass is 15.0. The molecule has 0 saturated heterocycles. The molecule has 1 aromatic heterocycles. The number of hydrogen-bond acceptors (Lipinski definition) is 1. The summed E-state index contributed by atoms with van der Waals surface area (Å²) >= 11 is 0. The van der Waals surface area contributed by atoms with Gasteiger partial charge < -0.3 is 9.88 Å². The summed E-state index contributed by atoms with van der Waals surface area (Å²) in [4.78, 5) is 0. The van der Waals surface area contributed by atoms with Crippen molar-refractivity contribution in [1.29, 1.82) is 0 Å². The number of benzene rings is 5. The van der Waals surface area contributed by atoms with Gasteiger partial charge in [-0.2, -0.15) is 0 Å². The molecule has 2 aliphatic carbocycles. The summed E-state index contributed by atoms with van der Waals surface area (Å²) in [6, 6.07) is 41.9. The zero-order chi connectivity index (χ0) is 27.6. The average molecular weight is 529 g/mol. The van der Waals surface area contributed by atoms with Crippen LogP contribution in [0.5, 0.6) is 0 Å². The highest BCUT2D eigenvalue weighted by molar-refractivity contribution is 6.10. The molecule has 0 radical (unpaired) electrons. The maximum Gasteiger partial charge on any atom is 0.0541 e. The van der Waals surface area contributed by atoms with Crippen LogP contribution in [0.2, 0.25) is 0 Å². The van der Waals surface area contributed by atoms with Crippen molar-refractivity contribution >= 4 is 33.2 Å². The largest absolute Gasteiger partial charge is 0.356 e. The van der Waals surface area contributed by atoms with Crippen LogP contribution in [0.4, 0.5) is 11.4 Å². The molecule has 2 aliphatic rings. The van der Waals surface area contributed by atoms with E-state index in [1.54, 1.807) is 0 Å². The standard InChI is InChI=1S/C39H32N2/c1-39(2)35-14-8-6-12-31(35)32-22-21-29(25-36(32)39)40-28-19-16-26(17-20-28)27-18-23-38-34(24-27)33-13-7-9-15-37(33)41(38)30-10-4-3-5-11-30/h3-25,31,35,40H,1-2H3. The first kappa shape index (κ1) is 24.0. The smallest absolute Gasteiger partial charge is 0.0541 e. The van der Waals surface area contributed by atoms with Gasteiger partial charge in [0.1, 0.15) is 0 Å². The Balaban J connectivity index is 1.11. The van der Waals surface area contributed by atoms with E-state index in [-0.39, 0.29) is 5.41 Å². The van der Waals surface area contributed by atoms with Crippen LogP contribution in [0.1, 0.15) is 30.9 Å². The Morgan fingerprint density at radius 1 is 0.610 bits per heavy atom. The van der Waals surface area contributed by atoms with Gasteiger partial charge in [0, 0.05) is 33.8 Å². The van der Waals surface area contributed by atoms with E-state index in [4.69, 9.17) is 0 Å². The van der Waals surface area contributed by atoms with E-state index in [1.807, 2.05) is 0 Å². The molecule has 41 heavy (non-hydrogen) atoms. The van der Waals surface area contributed by atoms with Gasteiger partial charge in [-0.3, -0.25) is 0 Å². The molecule has 2 heteroatoms. The molecule has 0 fully saturated rings. The minimum Gasteiger partial charge on any atom is -0.356 e. The monoisotopic (exact) mass is 528 g/mol. The lowest BCUT2D eigenvalue weighted by atomic mass is 9.74. The van der Waals surface area contributed by atoms with Crippen molar-refractivity contribution in [1.82, 2.24) is 4.57 Å². The SMILES string of the molecule is CC1(C)c2cc(Nc3ccc(-c4ccc5c(c4)c4ccccc4n5-c4ccccc4)cc3)ccc2C2C=CC=CC21. The van der Waals surface area contributed by atoms with Gasteiger partial charge in [0.15, 0.2) is 0 Å². The van der Waals surface area contributed by atoms with Crippen molar-refractivity contribution in [3.8, 4) is 16.8 Å². The maximum atomic E-state index is 3.67. The Kier molecular flexibility index (Phi) is 5.33. The van der Waals surface area contributed by atoms with Gasteiger partial charge in [0.05, 0.1) is 11.0 Å². The summed E-state index contributed by atoms with van der Waals surface area (Å²) in [5.41, 5.74) is 11.4. The summed E-state index contributed by atoms with van der Waals surface area (Å²) < 4.78 is 2.36. The van der Waals surface area contributed by atoms with Crippen molar-refractivity contribution in [3.05, 3.63) is 151 Å². The molecule has 2 atom stereocenters. The van der Waals surface area contributed by atoms with E-state index in [0.29, 0.717) is 11.8 Å². The van der Waals surface area contributed by atoms with E-state index in [2.05, 4.69) is 163 Å². The van der Waals surface area contributed by atoms with Crippen LogP contribution < -0.4 is 5.32 Å². The number of fused-ring (bicyclic) bond motifs is 6. The van der Waals surface area contributed by atoms with Gasteiger partial charge in [-0.1, -0.05) is 98.8 Å². The van der Waals surface area contributed by atoms with Crippen LogP contribution in [0, 0.1) is 5.92 Å². The molecular weight excluding hydrogens is 496 g/mol. The lowest BCUT2D eigenvalue weighted by molar-refractivity contribution is 0.394. The number of nitrogens with one attached hydrogen (secondary N) is 1. The van der Waals surface area contributed by atoms with Crippen LogP contribution in [-0.2, 0) is 5.41 Å². The maximum absolute atomic E-state index is 3.67. The van der Waals surface area contributed by atoms with Crippen LogP contribution in [0.15, 0.2) is 140 Å². The van der Waals surface area contributed by atoms with Crippen LogP contribution in [0.25, 0.3) is 38.6 Å². The first-order valence-electron chi connectivity index (χ1n) is 14.5. The number of allylic oxidation sites excluding steroid dienone is 4. The number of hydrogen-bond donors (Lipinski definition) is 1. The van der Waals surface area contributed by atoms with Gasteiger partial charge in [-0.25, -0.2) is 0 Å². The Labute approximate surface area is 241 Å². The lowest BCUT2D eigenvalue weighted by Gasteiger charge is -2.29. The molecule has 0 spiro atoms. The normalized spacial score (nSPS) is 18.5. The van der Waals surface area contributed by atoms with Gasteiger partial charge in [-0.05, 0) is 88.2 Å². The second-order valence-electron chi connectivity index (χ2n) is 12.0. The van der Waals surface area contributed by atoms with Crippen LogP contribution >= 0.6 is 0 Å². The Bertz CT molecular complexity index is 1990. The summed E-state index contributed by atoms with van der Waals surface area (Å²) in [5, 5.41) is 6.22. The Morgan fingerprint density at radius 2 is 1.32 bits per heavy atom. The third-order valence-electron chi connectivity index (χ3n) is 9.27.